The zero-order chi connectivity index (χ0) is 15.0. The van der Waals surface area contributed by atoms with E-state index in [-0.39, 0.29) is 17.5 Å². The number of nitrogens with one attached hydrogen (secondary N) is 1. The second-order valence-corrected chi connectivity index (χ2v) is 6.73. The lowest BCUT2D eigenvalue weighted by atomic mass is 10.2. The van der Waals surface area contributed by atoms with Crippen LogP contribution in [0.15, 0.2) is 29.2 Å². The Labute approximate surface area is 120 Å². The smallest absolute Gasteiger partial charge is 0.175 e. The van der Waals surface area contributed by atoms with Gasteiger partial charge in [-0.25, -0.2) is 8.42 Å². The molecule has 2 N–H and O–H groups in total. The molecule has 0 spiro atoms. The van der Waals surface area contributed by atoms with Crippen molar-refractivity contribution in [3.63, 3.8) is 0 Å². The molecule has 20 heavy (non-hydrogen) atoms. The Bertz CT molecular complexity index is 484. The molecule has 0 amide bonds. The minimum atomic E-state index is -3.17. The molecule has 6 heteroatoms. The van der Waals surface area contributed by atoms with E-state index in [0.29, 0.717) is 18.8 Å². The maximum Gasteiger partial charge on any atom is 0.175 e. The van der Waals surface area contributed by atoms with Gasteiger partial charge in [-0.3, -0.25) is 0 Å². The van der Waals surface area contributed by atoms with Crippen LogP contribution < -0.4 is 10.1 Å². The molecule has 0 radical (unpaired) electrons. The summed E-state index contributed by atoms with van der Waals surface area (Å²) in [5.74, 6) is 0.629. The molecule has 0 aliphatic carbocycles. The number of rotatable bonds is 9. The fourth-order valence-corrected chi connectivity index (χ4v) is 2.34. The molecule has 114 valence electrons. The zero-order valence-corrected chi connectivity index (χ0v) is 12.8. The van der Waals surface area contributed by atoms with Crippen LogP contribution >= 0.6 is 0 Å². The fraction of sp³-hybridized carbons (Fsp3) is 0.571. The largest absolute Gasteiger partial charge is 0.494 e. The zero-order valence-electron chi connectivity index (χ0n) is 12.0. The Morgan fingerprint density at radius 3 is 2.45 bits per heavy atom. The van der Waals surface area contributed by atoms with Crippen LogP contribution in [0.2, 0.25) is 0 Å². The van der Waals surface area contributed by atoms with Crippen LogP contribution in [-0.4, -0.2) is 45.6 Å². The van der Waals surface area contributed by atoms with Gasteiger partial charge < -0.3 is 15.2 Å². The third-order valence-corrected chi connectivity index (χ3v) is 4.02. The molecular formula is C14H23NO4S. The molecular weight excluding hydrogens is 278 g/mol. The van der Waals surface area contributed by atoms with Crippen LogP contribution in [0.4, 0.5) is 0 Å². The van der Waals surface area contributed by atoms with Crippen LogP contribution in [0.3, 0.4) is 0 Å². The van der Waals surface area contributed by atoms with Gasteiger partial charge in [-0.2, -0.15) is 0 Å². The second kappa shape index (κ2) is 8.24. The Balaban J connectivity index is 2.42. The van der Waals surface area contributed by atoms with E-state index in [4.69, 9.17) is 4.74 Å². The summed E-state index contributed by atoms with van der Waals surface area (Å²) in [6, 6.07) is 6.38. The van der Waals surface area contributed by atoms with E-state index in [1.54, 1.807) is 12.1 Å². The van der Waals surface area contributed by atoms with Gasteiger partial charge in [0.05, 0.1) is 18.1 Å². The minimum Gasteiger partial charge on any atom is -0.494 e. The number of sulfone groups is 1. The third kappa shape index (κ3) is 5.90. The standard InChI is InChI=1S/C14H23NO4S/c1-3-9-15-12(11-16)8-10-19-13-4-6-14(7-5-13)20(2,17)18/h4-7,12,15-16H,3,8-11H2,1-2H3. The van der Waals surface area contributed by atoms with Crippen molar-refractivity contribution in [1.82, 2.24) is 5.32 Å². The van der Waals surface area contributed by atoms with Gasteiger partial charge in [-0.15, -0.1) is 0 Å². The second-order valence-electron chi connectivity index (χ2n) is 4.71. The average Bonchev–Trinajstić information content (AvgIpc) is 2.42. The quantitative estimate of drug-likeness (QED) is 0.717. The SMILES string of the molecule is CCCNC(CO)CCOc1ccc(S(C)(=O)=O)cc1. The van der Waals surface area contributed by atoms with E-state index < -0.39 is 9.84 Å². The van der Waals surface area contributed by atoms with E-state index in [9.17, 15) is 13.5 Å². The summed E-state index contributed by atoms with van der Waals surface area (Å²) in [6.07, 6.45) is 2.89. The molecule has 0 bridgehead atoms. The summed E-state index contributed by atoms with van der Waals surface area (Å²) < 4.78 is 28.2. The summed E-state index contributed by atoms with van der Waals surface area (Å²) in [7, 11) is -3.17. The van der Waals surface area contributed by atoms with Crippen molar-refractivity contribution in [3.8, 4) is 5.75 Å². The Morgan fingerprint density at radius 1 is 1.30 bits per heavy atom. The highest BCUT2D eigenvalue weighted by molar-refractivity contribution is 7.90. The Kier molecular flexibility index (Phi) is 6.98. The number of aliphatic hydroxyl groups excluding tert-OH is 1. The Morgan fingerprint density at radius 2 is 1.95 bits per heavy atom. The molecule has 1 aromatic carbocycles. The van der Waals surface area contributed by atoms with Crippen molar-refractivity contribution in [2.75, 3.05) is 26.0 Å². The first-order valence-electron chi connectivity index (χ1n) is 6.74. The van der Waals surface area contributed by atoms with Crippen LogP contribution in [-0.2, 0) is 9.84 Å². The number of hydrogen-bond acceptors (Lipinski definition) is 5. The molecule has 1 aromatic rings. The van der Waals surface area contributed by atoms with E-state index in [1.807, 2.05) is 0 Å². The summed E-state index contributed by atoms with van der Waals surface area (Å²) in [6.45, 7) is 3.49. The van der Waals surface area contributed by atoms with Crippen LogP contribution in [0.1, 0.15) is 19.8 Å². The minimum absolute atomic E-state index is 0.0326. The summed E-state index contributed by atoms with van der Waals surface area (Å²) in [4.78, 5) is 0.280. The maximum absolute atomic E-state index is 11.3. The highest BCUT2D eigenvalue weighted by atomic mass is 32.2. The predicted octanol–water partition coefficient (Wildman–Crippen LogP) is 1.22. The van der Waals surface area contributed by atoms with Crippen molar-refractivity contribution >= 4 is 9.84 Å². The van der Waals surface area contributed by atoms with Crippen molar-refractivity contribution in [1.29, 1.82) is 0 Å². The summed E-state index contributed by atoms with van der Waals surface area (Å²) in [5.41, 5.74) is 0. The molecule has 0 saturated heterocycles. The Hall–Kier alpha value is -1.11. The molecule has 0 aliphatic rings. The molecule has 0 fully saturated rings. The lowest BCUT2D eigenvalue weighted by Crippen LogP contribution is -2.34. The van der Waals surface area contributed by atoms with Gasteiger partial charge in [0, 0.05) is 12.3 Å². The molecule has 1 atom stereocenters. The highest BCUT2D eigenvalue weighted by Gasteiger charge is 2.08. The van der Waals surface area contributed by atoms with Gasteiger partial charge in [0.25, 0.3) is 0 Å². The molecule has 5 nitrogen and oxygen atoms in total. The van der Waals surface area contributed by atoms with Crippen molar-refractivity contribution in [2.24, 2.45) is 0 Å². The van der Waals surface area contributed by atoms with Crippen molar-refractivity contribution in [2.45, 2.75) is 30.7 Å². The maximum atomic E-state index is 11.3. The highest BCUT2D eigenvalue weighted by Crippen LogP contribution is 2.16. The number of hydrogen-bond donors (Lipinski definition) is 2. The van der Waals surface area contributed by atoms with Gasteiger partial charge in [0.1, 0.15) is 5.75 Å². The first-order chi connectivity index (χ1) is 9.47. The molecule has 0 saturated carbocycles. The van der Waals surface area contributed by atoms with Gasteiger partial charge in [-0.1, -0.05) is 6.92 Å². The fourth-order valence-electron chi connectivity index (χ4n) is 1.71. The van der Waals surface area contributed by atoms with Crippen molar-refractivity contribution in [3.05, 3.63) is 24.3 Å². The topological polar surface area (TPSA) is 75.6 Å². The third-order valence-electron chi connectivity index (χ3n) is 2.89. The normalized spacial score (nSPS) is 13.2. The van der Waals surface area contributed by atoms with Crippen LogP contribution in [0.25, 0.3) is 0 Å². The number of ether oxygens (including phenoxy) is 1. The van der Waals surface area contributed by atoms with Crippen LogP contribution in [0, 0.1) is 0 Å². The molecule has 0 heterocycles. The molecule has 0 aromatic heterocycles. The van der Waals surface area contributed by atoms with E-state index in [2.05, 4.69) is 12.2 Å². The van der Waals surface area contributed by atoms with E-state index in [0.717, 1.165) is 13.0 Å². The lowest BCUT2D eigenvalue weighted by molar-refractivity contribution is 0.209. The molecule has 0 aliphatic heterocycles. The number of benzene rings is 1. The van der Waals surface area contributed by atoms with Gasteiger partial charge in [-0.05, 0) is 43.7 Å². The van der Waals surface area contributed by atoms with Gasteiger partial charge in [0.2, 0.25) is 0 Å². The lowest BCUT2D eigenvalue weighted by Gasteiger charge is -2.16. The molecule has 1 rings (SSSR count). The summed E-state index contributed by atoms with van der Waals surface area (Å²) in [5, 5.41) is 12.4. The molecule has 1 unspecified atom stereocenters. The average molecular weight is 301 g/mol. The van der Waals surface area contributed by atoms with Crippen LogP contribution in [0.5, 0.6) is 5.75 Å². The summed E-state index contributed by atoms with van der Waals surface area (Å²) >= 11 is 0. The van der Waals surface area contributed by atoms with E-state index >= 15 is 0 Å². The monoisotopic (exact) mass is 301 g/mol. The van der Waals surface area contributed by atoms with Gasteiger partial charge in [0.15, 0.2) is 9.84 Å². The van der Waals surface area contributed by atoms with Crippen molar-refractivity contribution < 1.29 is 18.3 Å². The van der Waals surface area contributed by atoms with E-state index in [1.165, 1.54) is 18.4 Å². The van der Waals surface area contributed by atoms with Gasteiger partial charge >= 0.3 is 0 Å². The first kappa shape index (κ1) is 16.9. The first-order valence-corrected chi connectivity index (χ1v) is 8.63. The number of aliphatic hydroxyl groups is 1. The predicted molar refractivity (Wildman–Crippen MR) is 78.8 cm³/mol.